The summed E-state index contributed by atoms with van der Waals surface area (Å²) in [5, 5.41) is 2.75. The second kappa shape index (κ2) is 8.22. The number of benzene rings is 2. The number of aliphatic imine (C=N–C) groups is 1. The van der Waals surface area contributed by atoms with Gasteiger partial charge in [-0.1, -0.05) is 6.07 Å². The van der Waals surface area contributed by atoms with Crippen molar-refractivity contribution < 1.29 is 9.18 Å². The van der Waals surface area contributed by atoms with Gasteiger partial charge < -0.3 is 10.2 Å². The van der Waals surface area contributed by atoms with Crippen molar-refractivity contribution >= 4 is 29.2 Å². The summed E-state index contributed by atoms with van der Waals surface area (Å²) in [5.74, 6) is -1.14. The number of anilines is 2. The lowest BCUT2D eigenvalue weighted by molar-refractivity contribution is -0.115. The second-order valence-electron chi connectivity index (χ2n) is 6.99. The van der Waals surface area contributed by atoms with Gasteiger partial charge in [0.15, 0.2) is 0 Å². The summed E-state index contributed by atoms with van der Waals surface area (Å²) in [6, 6.07) is 18.0. The topological polar surface area (TPSA) is 57.6 Å². The number of likely N-dealkylation sites (N-methyl/N-ethyl adjacent to an activating group) is 1. The van der Waals surface area contributed by atoms with Gasteiger partial charge in [0.25, 0.3) is 0 Å². The molecule has 1 aliphatic rings. The van der Waals surface area contributed by atoms with E-state index in [0.29, 0.717) is 11.3 Å². The van der Waals surface area contributed by atoms with Gasteiger partial charge in [0, 0.05) is 49.5 Å². The van der Waals surface area contributed by atoms with E-state index in [0.717, 1.165) is 30.0 Å². The molecule has 3 aromatic rings. The monoisotopic (exact) mass is 388 g/mol. The van der Waals surface area contributed by atoms with Crippen LogP contribution in [0.3, 0.4) is 0 Å². The molecule has 0 radical (unpaired) electrons. The number of carbonyl (C=O) groups excluding carboxylic acids is 1. The molecule has 1 amide bonds. The molecule has 1 N–H and O–H groups in total. The first kappa shape index (κ1) is 18.8. The predicted molar refractivity (Wildman–Crippen MR) is 114 cm³/mol. The largest absolute Gasteiger partial charge is 0.374 e. The molecular weight excluding hydrogens is 367 g/mol. The first-order valence-corrected chi connectivity index (χ1v) is 9.46. The normalized spacial score (nSPS) is 15.4. The van der Waals surface area contributed by atoms with Crippen LogP contribution in [0, 0.1) is 5.82 Å². The number of hydrogen-bond donors (Lipinski definition) is 1. The highest BCUT2D eigenvalue weighted by atomic mass is 19.1. The molecular formula is C23H21FN4O. The lowest BCUT2D eigenvalue weighted by Crippen LogP contribution is -2.20. The third kappa shape index (κ3) is 4.32. The number of aromatic nitrogens is 1. The average molecular weight is 388 g/mol. The third-order valence-corrected chi connectivity index (χ3v) is 4.98. The molecule has 0 saturated heterocycles. The van der Waals surface area contributed by atoms with Crippen LogP contribution in [0.25, 0.3) is 0 Å². The van der Waals surface area contributed by atoms with Gasteiger partial charge in [-0.15, -0.1) is 0 Å². The summed E-state index contributed by atoms with van der Waals surface area (Å²) in [6.45, 7) is 0.851. The number of pyridine rings is 1. The summed E-state index contributed by atoms with van der Waals surface area (Å²) in [6.07, 6.45) is 4.24. The minimum atomic E-state index is -0.582. The number of nitrogens with one attached hydrogen (secondary N) is 1. The Kier molecular flexibility index (Phi) is 5.33. The van der Waals surface area contributed by atoms with E-state index < -0.39 is 5.92 Å². The Labute approximate surface area is 168 Å². The van der Waals surface area contributed by atoms with Crippen LogP contribution in [-0.2, 0) is 11.2 Å². The molecule has 0 aliphatic carbocycles. The smallest absolute Gasteiger partial charge is 0.237 e. The van der Waals surface area contributed by atoms with Crippen molar-refractivity contribution in [2.24, 2.45) is 4.99 Å². The number of nitrogens with zero attached hydrogens (tertiary/aromatic N) is 3. The molecule has 2 heterocycles. The van der Waals surface area contributed by atoms with Crippen molar-refractivity contribution in [1.29, 1.82) is 0 Å². The zero-order chi connectivity index (χ0) is 20.2. The first-order chi connectivity index (χ1) is 14.1. The molecule has 1 atom stereocenters. The Morgan fingerprint density at radius 2 is 2.00 bits per heavy atom. The van der Waals surface area contributed by atoms with Gasteiger partial charge in [-0.25, -0.2) is 4.39 Å². The van der Waals surface area contributed by atoms with Crippen LogP contribution in [0.1, 0.15) is 17.2 Å². The van der Waals surface area contributed by atoms with Crippen LogP contribution in [0.15, 0.2) is 71.9 Å². The van der Waals surface area contributed by atoms with E-state index in [9.17, 15) is 9.18 Å². The number of rotatable bonds is 6. The summed E-state index contributed by atoms with van der Waals surface area (Å²) in [7, 11) is 2.04. The fourth-order valence-electron chi connectivity index (χ4n) is 3.32. The van der Waals surface area contributed by atoms with Gasteiger partial charge >= 0.3 is 0 Å². The van der Waals surface area contributed by atoms with E-state index in [2.05, 4.69) is 20.2 Å². The Morgan fingerprint density at radius 3 is 2.76 bits per heavy atom. The number of fused-ring (bicyclic) bond motifs is 1. The van der Waals surface area contributed by atoms with E-state index in [1.807, 2.05) is 49.5 Å². The van der Waals surface area contributed by atoms with Crippen molar-refractivity contribution in [2.45, 2.75) is 12.3 Å². The average Bonchev–Trinajstić information content (AvgIpc) is 3.06. The molecule has 1 aliphatic heterocycles. The van der Waals surface area contributed by atoms with Crippen LogP contribution in [0.4, 0.5) is 21.5 Å². The number of carbonyl (C=O) groups is 1. The molecule has 5 nitrogen and oxygen atoms in total. The van der Waals surface area contributed by atoms with E-state index >= 15 is 0 Å². The van der Waals surface area contributed by atoms with Crippen molar-refractivity contribution in [2.75, 3.05) is 23.8 Å². The molecule has 0 spiro atoms. The van der Waals surface area contributed by atoms with Crippen molar-refractivity contribution in [1.82, 2.24) is 4.98 Å². The van der Waals surface area contributed by atoms with E-state index in [1.54, 1.807) is 18.5 Å². The highest BCUT2D eigenvalue weighted by molar-refractivity contribution is 6.12. The maximum Gasteiger partial charge on any atom is 0.237 e. The fourth-order valence-corrected chi connectivity index (χ4v) is 3.32. The lowest BCUT2D eigenvalue weighted by Gasteiger charge is -2.19. The van der Waals surface area contributed by atoms with Gasteiger partial charge in [-0.3, -0.25) is 14.8 Å². The highest BCUT2D eigenvalue weighted by Crippen LogP contribution is 2.32. The van der Waals surface area contributed by atoms with E-state index in [1.165, 1.54) is 12.1 Å². The van der Waals surface area contributed by atoms with Crippen molar-refractivity contribution in [3.8, 4) is 0 Å². The Balaban J connectivity index is 1.41. The van der Waals surface area contributed by atoms with Crippen LogP contribution >= 0.6 is 0 Å². The summed E-state index contributed by atoms with van der Waals surface area (Å²) >= 11 is 0. The summed E-state index contributed by atoms with van der Waals surface area (Å²) in [5.41, 5.74) is 4.13. The van der Waals surface area contributed by atoms with Crippen LogP contribution in [-0.4, -0.2) is 30.7 Å². The number of halogens is 1. The molecule has 4 rings (SSSR count). The van der Waals surface area contributed by atoms with Crippen molar-refractivity contribution in [3.63, 3.8) is 0 Å². The molecule has 29 heavy (non-hydrogen) atoms. The Hall–Kier alpha value is -3.54. The maximum atomic E-state index is 13.5. The predicted octanol–water partition coefficient (Wildman–Crippen LogP) is 4.34. The van der Waals surface area contributed by atoms with Crippen molar-refractivity contribution in [3.05, 3.63) is 83.9 Å². The third-order valence-electron chi connectivity index (χ3n) is 4.98. The van der Waals surface area contributed by atoms with Gasteiger partial charge in [-0.05, 0) is 60.2 Å². The van der Waals surface area contributed by atoms with E-state index in [4.69, 9.17) is 0 Å². The summed E-state index contributed by atoms with van der Waals surface area (Å²) in [4.78, 5) is 23.1. The van der Waals surface area contributed by atoms with Gasteiger partial charge in [0.2, 0.25) is 5.91 Å². The van der Waals surface area contributed by atoms with E-state index in [-0.39, 0.29) is 11.7 Å². The molecule has 146 valence electrons. The molecule has 0 saturated carbocycles. The van der Waals surface area contributed by atoms with Gasteiger partial charge in [0.1, 0.15) is 11.7 Å². The van der Waals surface area contributed by atoms with Gasteiger partial charge in [-0.2, -0.15) is 0 Å². The molecule has 1 aromatic heterocycles. The molecule has 0 bridgehead atoms. The maximum absolute atomic E-state index is 13.5. The minimum absolute atomic E-state index is 0.194. The molecule has 0 fully saturated rings. The summed E-state index contributed by atoms with van der Waals surface area (Å²) < 4.78 is 13.5. The number of amides is 1. The molecule has 1 unspecified atom stereocenters. The highest BCUT2D eigenvalue weighted by Gasteiger charge is 2.29. The van der Waals surface area contributed by atoms with Crippen LogP contribution in [0.2, 0.25) is 0 Å². The SMILES string of the molecule is CN(CCc1ccccn1)c1ccc(N=CC2C(=O)Nc3ccc(F)cc32)cc1. The lowest BCUT2D eigenvalue weighted by atomic mass is 10.0. The van der Waals surface area contributed by atoms with Gasteiger partial charge in [0.05, 0.1) is 5.69 Å². The van der Waals surface area contributed by atoms with Crippen LogP contribution in [0.5, 0.6) is 0 Å². The molecule has 2 aromatic carbocycles. The number of hydrogen-bond acceptors (Lipinski definition) is 4. The quantitative estimate of drug-likeness (QED) is 0.639. The zero-order valence-corrected chi connectivity index (χ0v) is 16.0. The Morgan fingerprint density at radius 1 is 1.17 bits per heavy atom. The first-order valence-electron chi connectivity index (χ1n) is 9.46. The van der Waals surface area contributed by atoms with Crippen LogP contribution < -0.4 is 10.2 Å². The standard InChI is InChI=1S/C23H21FN4O/c1-28(13-11-17-4-2-3-12-25-17)19-8-6-18(7-9-19)26-15-21-20-14-16(24)5-10-22(20)27-23(21)29/h2-10,12,14-15,21H,11,13H2,1H3,(H,27,29). The Bertz CT molecular complexity index is 1030. The second-order valence-corrected chi connectivity index (χ2v) is 6.99. The zero-order valence-electron chi connectivity index (χ0n) is 16.0. The fraction of sp³-hybridized carbons (Fsp3) is 0.174. The molecule has 6 heteroatoms. The minimum Gasteiger partial charge on any atom is -0.374 e.